The lowest BCUT2D eigenvalue weighted by molar-refractivity contribution is -0.142. The summed E-state index contributed by atoms with van der Waals surface area (Å²) in [6, 6.07) is 7.48. The molecule has 0 aromatic heterocycles. The second kappa shape index (κ2) is 4.37. The quantitative estimate of drug-likeness (QED) is 0.884. The molecule has 1 amide bonds. The minimum absolute atomic E-state index is 0.0174. The van der Waals surface area contributed by atoms with Crippen molar-refractivity contribution in [1.29, 1.82) is 0 Å². The van der Waals surface area contributed by atoms with Crippen LogP contribution in [-0.2, 0) is 4.79 Å². The van der Waals surface area contributed by atoms with Crippen molar-refractivity contribution in [3.8, 4) is 0 Å². The minimum Gasteiger partial charge on any atom is -0.481 e. The number of carbonyl (C=O) groups is 2. The highest BCUT2D eigenvalue weighted by Crippen LogP contribution is 2.42. The summed E-state index contributed by atoms with van der Waals surface area (Å²) in [5, 5.41) is 9.20. The van der Waals surface area contributed by atoms with E-state index in [0.717, 1.165) is 18.4 Å². The van der Waals surface area contributed by atoms with Crippen LogP contribution in [0.1, 0.15) is 35.2 Å². The lowest BCUT2D eigenvalue weighted by Gasteiger charge is -2.23. The SMILES string of the molecule is Cc1ccc(C(=O)N2C3CCC2C(C(=O)O)C3)cc1. The first-order chi connectivity index (χ1) is 9.08. The van der Waals surface area contributed by atoms with Crippen molar-refractivity contribution in [3.63, 3.8) is 0 Å². The molecule has 4 nitrogen and oxygen atoms in total. The Morgan fingerprint density at radius 3 is 2.47 bits per heavy atom. The van der Waals surface area contributed by atoms with Crippen molar-refractivity contribution in [1.82, 2.24) is 4.90 Å². The van der Waals surface area contributed by atoms with Gasteiger partial charge in [-0.15, -0.1) is 0 Å². The maximum Gasteiger partial charge on any atom is 0.308 e. The molecule has 3 atom stereocenters. The Kier molecular flexibility index (Phi) is 2.81. The predicted molar refractivity (Wildman–Crippen MR) is 69.9 cm³/mol. The number of benzene rings is 1. The van der Waals surface area contributed by atoms with Gasteiger partial charge in [-0.2, -0.15) is 0 Å². The van der Waals surface area contributed by atoms with E-state index in [9.17, 15) is 14.7 Å². The Balaban J connectivity index is 1.85. The van der Waals surface area contributed by atoms with Crippen LogP contribution in [0.3, 0.4) is 0 Å². The number of carbonyl (C=O) groups excluding carboxylic acids is 1. The van der Waals surface area contributed by atoms with Crippen LogP contribution in [0, 0.1) is 12.8 Å². The van der Waals surface area contributed by atoms with Crippen LogP contribution in [0.25, 0.3) is 0 Å². The molecule has 1 aromatic rings. The molecule has 2 fully saturated rings. The second-order valence-electron chi connectivity index (χ2n) is 5.56. The highest BCUT2D eigenvalue weighted by atomic mass is 16.4. The third-order valence-electron chi connectivity index (χ3n) is 4.39. The molecule has 2 aliphatic rings. The van der Waals surface area contributed by atoms with E-state index >= 15 is 0 Å². The zero-order chi connectivity index (χ0) is 13.6. The molecular formula is C15H17NO3. The van der Waals surface area contributed by atoms with E-state index in [1.165, 1.54) is 0 Å². The molecule has 0 saturated carbocycles. The van der Waals surface area contributed by atoms with Gasteiger partial charge in [-0.25, -0.2) is 0 Å². The average Bonchev–Trinajstić information content (AvgIpc) is 2.96. The van der Waals surface area contributed by atoms with Gasteiger partial charge in [-0.1, -0.05) is 17.7 Å². The summed E-state index contributed by atoms with van der Waals surface area (Å²) in [5.74, 6) is -1.17. The van der Waals surface area contributed by atoms with E-state index in [1.54, 1.807) is 0 Å². The predicted octanol–water partition coefficient (Wildman–Crippen LogP) is 2.07. The summed E-state index contributed by atoms with van der Waals surface area (Å²) in [4.78, 5) is 25.5. The Morgan fingerprint density at radius 2 is 1.89 bits per heavy atom. The van der Waals surface area contributed by atoms with E-state index in [0.29, 0.717) is 12.0 Å². The number of hydrogen-bond acceptors (Lipinski definition) is 2. The van der Waals surface area contributed by atoms with Crippen LogP contribution >= 0.6 is 0 Å². The molecule has 3 unspecified atom stereocenters. The van der Waals surface area contributed by atoms with Crippen LogP contribution < -0.4 is 0 Å². The van der Waals surface area contributed by atoms with Crippen LogP contribution in [0.5, 0.6) is 0 Å². The number of nitrogens with zero attached hydrogens (tertiary/aromatic N) is 1. The standard InChI is InChI=1S/C15H17NO3/c1-9-2-4-10(5-3-9)14(17)16-11-6-7-13(16)12(8-11)15(18)19/h2-5,11-13H,6-8H2,1H3,(H,18,19). The molecule has 1 N–H and O–H groups in total. The van der Waals surface area contributed by atoms with Crippen molar-refractivity contribution in [2.45, 2.75) is 38.3 Å². The zero-order valence-corrected chi connectivity index (χ0v) is 10.9. The highest BCUT2D eigenvalue weighted by Gasteiger charge is 2.51. The van der Waals surface area contributed by atoms with Gasteiger partial charge in [-0.05, 0) is 38.3 Å². The number of carboxylic acid groups (broad SMARTS) is 1. The molecule has 2 bridgehead atoms. The third-order valence-corrected chi connectivity index (χ3v) is 4.39. The Bertz CT molecular complexity index is 523. The van der Waals surface area contributed by atoms with E-state index < -0.39 is 5.97 Å². The minimum atomic E-state index is -0.770. The number of aliphatic carboxylic acids is 1. The molecule has 2 heterocycles. The first kappa shape index (κ1) is 12.2. The van der Waals surface area contributed by atoms with Gasteiger partial charge < -0.3 is 10.0 Å². The van der Waals surface area contributed by atoms with E-state index in [1.807, 2.05) is 36.1 Å². The number of hydrogen-bond donors (Lipinski definition) is 1. The topological polar surface area (TPSA) is 57.6 Å². The summed E-state index contributed by atoms with van der Waals surface area (Å²) in [7, 11) is 0. The van der Waals surface area contributed by atoms with Crippen molar-refractivity contribution in [2.75, 3.05) is 0 Å². The molecule has 19 heavy (non-hydrogen) atoms. The summed E-state index contributed by atoms with van der Waals surface area (Å²) < 4.78 is 0. The van der Waals surface area contributed by atoms with Crippen LogP contribution in [-0.4, -0.2) is 34.0 Å². The second-order valence-corrected chi connectivity index (χ2v) is 5.56. The molecule has 4 heteroatoms. The van der Waals surface area contributed by atoms with Crippen LogP contribution in [0.2, 0.25) is 0 Å². The van der Waals surface area contributed by atoms with E-state index in [2.05, 4.69) is 0 Å². The summed E-state index contributed by atoms with van der Waals surface area (Å²) >= 11 is 0. The fraction of sp³-hybridized carbons (Fsp3) is 0.467. The lowest BCUT2D eigenvalue weighted by Crippen LogP contribution is -2.37. The van der Waals surface area contributed by atoms with Gasteiger partial charge >= 0.3 is 5.97 Å². The zero-order valence-electron chi connectivity index (χ0n) is 10.9. The highest BCUT2D eigenvalue weighted by molar-refractivity contribution is 5.95. The number of aryl methyl sites for hydroxylation is 1. The molecular weight excluding hydrogens is 242 g/mol. The van der Waals surface area contributed by atoms with E-state index in [4.69, 9.17) is 0 Å². The maximum atomic E-state index is 12.5. The molecule has 2 aliphatic heterocycles. The molecule has 0 spiro atoms. The van der Waals surface area contributed by atoms with Crippen molar-refractivity contribution < 1.29 is 14.7 Å². The summed E-state index contributed by atoms with van der Waals surface area (Å²) in [5.41, 5.74) is 1.78. The third kappa shape index (κ3) is 1.91. The van der Waals surface area contributed by atoms with Gasteiger partial charge in [0.25, 0.3) is 5.91 Å². The van der Waals surface area contributed by atoms with Crippen LogP contribution in [0.4, 0.5) is 0 Å². The monoisotopic (exact) mass is 259 g/mol. The summed E-state index contributed by atoms with van der Waals surface area (Å²) in [6.45, 7) is 1.98. The number of carboxylic acids is 1. The summed E-state index contributed by atoms with van der Waals surface area (Å²) in [6.07, 6.45) is 2.36. The Hall–Kier alpha value is -1.84. The van der Waals surface area contributed by atoms with Crippen molar-refractivity contribution >= 4 is 11.9 Å². The number of rotatable bonds is 2. The van der Waals surface area contributed by atoms with Crippen LogP contribution in [0.15, 0.2) is 24.3 Å². The smallest absolute Gasteiger partial charge is 0.308 e. The lowest BCUT2D eigenvalue weighted by atomic mass is 9.89. The molecule has 0 aliphatic carbocycles. The molecule has 100 valence electrons. The molecule has 3 rings (SSSR count). The fourth-order valence-corrected chi connectivity index (χ4v) is 3.42. The molecule has 1 aromatic carbocycles. The Morgan fingerprint density at radius 1 is 1.21 bits per heavy atom. The normalized spacial score (nSPS) is 28.7. The van der Waals surface area contributed by atoms with Crippen molar-refractivity contribution in [2.24, 2.45) is 5.92 Å². The van der Waals surface area contributed by atoms with E-state index in [-0.39, 0.29) is 23.9 Å². The first-order valence-electron chi connectivity index (χ1n) is 6.70. The van der Waals surface area contributed by atoms with Gasteiger partial charge in [-0.3, -0.25) is 9.59 Å². The van der Waals surface area contributed by atoms with Gasteiger partial charge in [0.05, 0.1) is 5.92 Å². The number of fused-ring (bicyclic) bond motifs is 2. The number of amides is 1. The maximum absolute atomic E-state index is 12.5. The average molecular weight is 259 g/mol. The first-order valence-corrected chi connectivity index (χ1v) is 6.70. The fourth-order valence-electron chi connectivity index (χ4n) is 3.42. The molecule has 2 saturated heterocycles. The van der Waals surface area contributed by atoms with Gasteiger partial charge in [0, 0.05) is 17.6 Å². The van der Waals surface area contributed by atoms with Crippen molar-refractivity contribution in [3.05, 3.63) is 35.4 Å². The van der Waals surface area contributed by atoms with Gasteiger partial charge in [0.2, 0.25) is 0 Å². The van der Waals surface area contributed by atoms with Gasteiger partial charge in [0.15, 0.2) is 0 Å². The largest absolute Gasteiger partial charge is 0.481 e. The van der Waals surface area contributed by atoms with Gasteiger partial charge in [0.1, 0.15) is 0 Å². The molecule has 0 radical (unpaired) electrons. The Labute approximate surface area is 112 Å².